The van der Waals surface area contributed by atoms with Gasteiger partial charge >= 0.3 is 0 Å². The second kappa shape index (κ2) is 7.37. The predicted octanol–water partition coefficient (Wildman–Crippen LogP) is 2.00. The molecule has 1 heterocycles. The standard InChI is InChI=1S/C16H19NO2S/c1-2-14-12-17(9-11-20-14)16(19)15-8-4-3-6-13(15)7-5-10-18/h3-4,6,8,14,18H,2,9-12H2,1H3. The van der Waals surface area contributed by atoms with Crippen molar-refractivity contribution in [3.8, 4) is 11.8 Å². The topological polar surface area (TPSA) is 40.5 Å². The first-order valence-electron chi connectivity index (χ1n) is 6.86. The molecule has 1 aliphatic heterocycles. The monoisotopic (exact) mass is 289 g/mol. The molecule has 1 saturated heterocycles. The van der Waals surface area contributed by atoms with Gasteiger partial charge in [-0.1, -0.05) is 30.9 Å². The van der Waals surface area contributed by atoms with Crippen molar-refractivity contribution in [2.45, 2.75) is 18.6 Å². The second-order valence-corrected chi connectivity index (χ2v) is 6.07. The van der Waals surface area contributed by atoms with Crippen LogP contribution in [-0.4, -0.2) is 46.6 Å². The van der Waals surface area contributed by atoms with Gasteiger partial charge in [0.1, 0.15) is 6.61 Å². The number of aliphatic hydroxyl groups is 1. The van der Waals surface area contributed by atoms with Crippen LogP contribution < -0.4 is 0 Å². The Balaban J connectivity index is 2.20. The largest absolute Gasteiger partial charge is 0.384 e. The molecule has 0 bridgehead atoms. The molecule has 0 saturated carbocycles. The first kappa shape index (κ1) is 15.0. The summed E-state index contributed by atoms with van der Waals surface area (Å²) < 4.78 is 0. The highest BCUT2D eigenvalue weighted by Crippen LogP contribution is 2.23. The second-order valence-electron chi connectivity index (χ2n) is 4.66. The number of amides is 1. The summed E-state index contributed by atoms with van der Waals surface area (Å²) in [6.07, 6.45) is 1.08. The van der Waals surface area contributed by atoms with Crippen LogP contribution in [0.4, 0.5) is 0 Å². The van der Waals surface area contributed by atoms with Gasteiger partial charge < -0.3 is 10.0 Å². The molecule has 0 aliphatic carbocycles. The normalized spacial score (nSPS) is 18.3. The molecule has 1 aromatic carbocycles. The summed E-state index contributed by atoms with van der Waals surface area (Å²) in [6, 6.07) is 7.35. The lowest BCUT2D eigenvalue weighted by molar-refractivity contribution is 0.0760. The van der Waals surface area contributed by atoms with Crippen molar-refractivity contribution in [2.24, 2.45) is 0 Å². The van der Waals surface area contributed by atoms with E-state index >= 15 is 0 Å². The SMILES string of the molecule is CCC1CN(C(=O)c2ccccc2C#CCO)CCS1. The average molecular weight is 289 g/mol. The van der Waals surface area contributed by atoms with E-state index in [0.29, 0.717) is 16.4 Å². The van der Waals surface area contributed by atoms with E-state index in [2.05, 4.69) is 18.8 Å². The van der Waals surface area contributed by atoms with E-state index in [4.69, 9.17) is 5.11 Å². The van der Waals surface area contributed by atoms with Gasteiger partial charge in [0, 0.05) is 29.7 Å². The number of benzene rings is 1. The van der Waals surface area contributed by atoms with Crippen molar-refractivity contribution in [3.63, 3.8) is 0 Å². The molecule has 3 nitrogen and oxygen atoms in total. The van der Waals surface area contributed by atoms with E-state index in [0.717, 1.165) is 25.3 Å². The zero-order chi connectivity index (χ0) is 14.4. The predicted molar refractivity (Wildman–Crippen MR) is 82.8 cm³/mol. The van der Waals surface area contributed by atoms with Gasteiger partial charge in [0.25, 0.3) is 5.91 Å². The minimum atomic E-state index is -0.194. The molecule has 1 unspecified atom stereocenters. The van der Waals surface area contributed by atoms with Gasteiger partial charge in [0.05, 0.1) is 5.56 Å². The zero-order valence-electron chi connectivity index (χ0n) is 11.6. The minimum Gasteiger partial charge on any atom is -0.384 e. The van der Waals surface area contributed by atoms with Crippen molar-refractivity contribution < 1.29 is 9.90 Å². The highest BCUT2D eigenvalue weighted by atomic mass is 32.2. The fourth-order valence-electron chi connectivity index (χ4n) is 2.23. The van der Waals surface area contributed by atoms with Crippen LogP contribution >= 0.6 is 11.8 Å². The molecule has 1 atom stereocenters. The molecule has 1 amide bonds. The summed E-state index contributed by atoms with van der Waals surface area (Å²) >= 11 is 1.94. The molecular formula is C16H19NO2S. The number of carbonyl (C=O) groups is 1. The lowest BCUT2D eigenvalue weighted by Gasteiger charge is -2.32. The van der Waals surface area contributed by atoms with Gasteiger partial charge in [-0.05, 0) is 18.6 Å². The molecule has 0 spiro atoms. The Hall–Kier alpha value is -1.44. The average Bonchev–Trinajstić information content (AvgIpc) is 2.52. The van der Waals surface area contributed by atoms with E-state index in [-0.39, 0.29) is 12.5 Å². The van der Waals surface area contributed by atoms with E-state index in [1.54, 1.807) is 0 Å². The van der Waals surface area contributed by atoms with E-state index in [1.165, 1.54) is 0 Å². The Morgan fingerprint density at radius 3 is 3.05 bits per heavy atom. The number of thioether (sulfide) groups is 1. The molecule has 4 heteroatoms. The quantitative estimate of drug-likeness (QED) is 0.847. The first-order valence-corrected chi connectivity index (χ1v) is 7.90. The number of carbonyl (C=O) groups excluding carboxylic acids is 1. The van der Waals surface area contributed by atoms with Crippen LogP contribution in [0.15, 0.2) is 24.3 Å². The van der Waals surface area contributed by atoms with Crippen LogP contribution in [0, 0.1) is 11.8 Å². The summed E-state index contributed by atoms with van der Waals surface area (Å²) in [5, 5.41) is 9.33. The summed E-state index contributed by atoms with van der Waals surface area (Å²) in [7, 11) is 0. The minimum absolute atomic E-state index is 0.0478. The molecule has 0 radical (unpaired) electrons. The van der Waals surface area contributed by atoms with Crippen molar-refractivity contribution in [2.75, 3.05) is 25.4 Å². The van der Waals surface area contributed by atoms with Crippen LogP contribution in [0.25, 0.3) is 0 Å². The van der Waals surface area contributed by atoms with Gasteiger partial charge in [-0.25, -0.2) is 0 Å². The maximum Gasteiger partial charge on any atom is 0.255 e. The van der Waals surface area contributed by atoms with Gasteiger partial charge in [0.15, 0.2) is 0 Å². The summed E-state index contributed by atoms with van der Waals surface area (Å²) in [6.45, 7) is 3.57. The van der Waals surface area contributed by atoms with Crippen LogP contribution in [0.3, 0.4) is 0 Å². The lowest BCUT2D eigenvalue weighted by atomic mass is 10.1. The van der Waals surface area contributed by atoms with Crippen LogP contribution in [0.1, 0.15) is 29.3 Å². The van der Waals surface area contributed by atoms with E-state index < -0.39 is 0 Å². The highest BCUT2D eigenvalue weighted by Gasteiger charge is 2.24. The number of hydrogen-bond donors (Lipinski definition) is 1. The fraction of sp³-hybridized carbons (Fsp3) is 0.438. The number of rotatable bonds is 2. The summed E-state index contributed by atoms with van der Waals surface area (Å²) in [5.41, 5.74) is 1.33. The smallest absolute Gasteiger partial charge is 0.255 e. The molecule has 106 valence electrons. The summed E-state index contributed by atoms with van der Waals surface area (Å²) in [5.74, 6) is 6.51. The third-order valence-electron chi connectivity index (χ3n) is 3.34. The Bertz CT molecular complexity index is 533. The highest BCUT2D eigenvalue weighted by molar-refractivity contribution is 8.00. The Labute approximate surface area is 124 Å². The number of hydrogen-bond acceptors (Lipinski definition) is 3. The van der Waals surface area contributed by atoms with Gasteiger partial charge in [0.2, 0.25) is 0 Å². The Morgan fingerprint density at radius 2 is 2.30 bits per heavy atom. The van der Waals surface area contributed by atoms with E-state index in [9.17, 15) is 4.79 Å². The molecule has 1 fully saturated rings. The molecule has 1 N–H and O–H groups in total. The van der Waals surface area contributed by atoms with Gasteiger partial charge in [-0.15, -0.1) is 0 Å². The third-order valence-corrected chi connectivity index (χ3v) is 4.71. The molecule has 1 aromatic rings. The Morgan fingerprint density at radius 1 is 1.50 bits per heavy atom. The van der Waals surface area contributed by atoms with Gasteiger partial charge in [-0.3, -0.25) is 4.79 Å². The van der Waals surface area contributed by atoms with Crippen LogP contribution in [-0.2, 0) is 0 Å². The number of aliphatic hydroxyl groups excluding tert-OH is 1. The van der Waals surface area contributed by atoms with E-state index in [1.807, 2.05) is 40.9 Å². The van der Waals surface area contributed by atoms with Crippen molar-refractivity contribution in [1.29, 1.82) is 0 Å². The van der Waals surface area contributed by atoms with Crippen molar-refractivity contribution in [1.82, 2.24) is 4.90 Å². The third kappa shape index (κ3) is 3.56. The summed E-state index contributed by atoms with van der Waals surface area (Å²) in [4.78, 5) is 14.6. The molecule has 0 aromatic heterocycles. The maximum absolute atomic E-state index is 12.6. The molecular weight excluding hydrogens is 270 g/mol. The zero-order valence-corrected chi connectivity index (χ0v) is 12.4. The fourth-order valence-corrected chi connectivity index (χ4v) is 3.41. The molecule has 2 rings (SSSR count). The van der Waals surface area contributed by atoms with Crippen molar-refractivity contribution in [3.05, 3.63) is 35.4 Å². The van der Waals surface area contributed by atoms with Crippen molar-refractivity contribution >= 4 is 17.7 Å². The van der Waals surface area contributed by atoms with Gasteiger partial charge in [-0.2, -0.15) is 11.8 Å². The lowest BCUT2D eigenvalue weighted by Crippen LogP contribution is -2.42. The van der Waals surface area contributed by atoms with Crippen LogP contribution in [0.5, 0.6) is 0 Å². The number of nitrogens with zero attached hydrogens (tertiary/aromatic N) is 1. The first-order chi connectivity index (χ1) is 9.76. The Kier molecular flexibility index (Phi) is 5.51. The maximum atomic E-state index is 12.6. The van der Waals surface area contributed by atoms with Crippen LogP contribution in [0.2, 0.25) is 0 Å². The molecule has 1 aliphatic rings. The molecule has 20 heavy (non-hydrogen) atoms.